The first-order valence-electron chi connectivity index (χ1n) is 14.8. The Balaban J connectivity index is 1.68. The van der Waals surface area contributed by atoms with E-state index in [1.54, 1.807) is 43.3 Å². The summed E-state index contributed by atoms with van der Waals surface area (Å²) in [5, 5.41) is 2.90. The molecule has 45 heavy (non-hydrogen) atoms. The zero-order valence-corrected chi connectivity index (χ0v) is 28.1. The third kappa shape index (κ3) is 9.18. The summed E-state index contributed by atoms with van der Waals surface area (Å²) in [6.45, 7) is 5.66. The molecule has 0 aliphatic heterocycles. The summed E-state index contributed by atoms with van der Waals surface area (Å²) >= 11 is 3.43. The van der Waals surface area contributed by atoms with Crippen molar-refractivity contribution in [3.63, 3.8) is 0 Å². The Bertz CT molecular complexity index is 1660. The SMILES string of the molecule is CCCCNC(=O)C(C)N(Cc1ccc(Br)cc1)C(=O)CN(c1ccc(Oc2ccccc2)cc1)S(=O)(=O)c1ccc(C)cc1. The molecule has 0 aliphatic rings. The summed E-state index contributed by atoms with van der Waals surface area (Å²) in [7, 11) is -4.17. The fraction of sp³-hybridized carbons (Fsp3) is 0.257. The maximum atomic E-state index is 14.1. The Labute approximate surface area is 274 Å². The van der Waals surface area contributed by atoms with Crippen molar-refractivity contribution < 1.29 is 22.7 Å². The first kappa shape index (κ1) is 33.7. The predicted molar refractivity (Wildman–Crippen MR) is 181 cm³/mol. The minimum absolute atomic E-state index is 0.0512. The van der Waals surface area contributed by atoms with Gasteiger partial charge < -0.3 is 15.0 Å². The van der Waals surface area contributed by atoms with Gasteiger partial charge in [0.15, 0.2) is 0 Å². The summed E-state index contributed by atoms with van der Waals surface area (Å²) in [4.78, 5) is 28.7. The first-order chi connectivity index (χ1) is 21.6. The van der Waals surface area contributed by atoms with Crippen LogP contribution in [0.4, 0.5) is 5.69 Å². The minimum atomic E-state index is -4.17. The number of halogens is 1. The lowest BCUT2D eigenvalue weighted by molar-refractivity contribution is -0.139. The van der Waals surface area contributed by atoms with Gasteiger partial charge in [-0.25, -0.2) is 8.42 Å². The molecular weight excluding hydrogens is 654 g/mol. The quantitative estimate of drug-likeness (QED) is 0.143. The molecule has 0 heterocycles. The van der Waals surface area contributed by atoms with Gasteiger partial charge in [-0.05, 0) is 86.5 Å². The number of hydrogen-bond acceptors (Lipinski definition) is 5. The Kier molecular flexibility index (Phi) is 11.8. The van der Waals surface area contributed by atoms with Gasteiger partial charge in [-0.1, -0.05) is 77.3 Å². The second-order valence-electron chi connectivity index (χ2n) is 10.7. The minimum Gasteiger partial charge on any atom is -0.457 e. The lowest BCUT2D eigenvalue weighted by atomic mass is 10.1. The summed E-state index contributed by atoms with van der Waals surface area (Å²) in [5.41, 5.74) is 1.99. The highest BCUT2D eigenvalue weighted by Crippen LogP contribution is 2.29. The number of rotatable bonds is 14. The summed E-state index contributed by atoms with van der Waals surface area (Å²) < 4.78 is 36.0. The average Bonchev–Trinajstić information content (AvgIpc) is 3.04. The number of para-hydroxylation sites is 1. The number of sulfonamides is 1. The van der Waals surface area contributed by atoms with Gasteiger partial charge in [0.1, 0.15) is 24.1 Å². The highest BCUT2D eigenvalue weighted by atomic mass is 79.9. The van der Waals surface area contributed by atoms with Crippen LogP contribution < -0.4 is 14.4 Å². The second-order valence-corrected chi connectivity index (χ2v) is 13.5. The maximum Gasteiger partial charge on any atom is 0.264 e. The first-order valence-corrected chi connectivity index (χ1v) is 17.1. The van der Waals surface area contributed by atoms with Gasteiger partial charge in [0.05, 0.1) is 10.6 Å². The number of benzene rings is 4. The number of aryl methyl sites for hydroxylation is 1. The molecule has 0 aromatic heterocycles. The van der Waals surface area contributed by atoms with Gasteiger partial charge in [0, 0.05) is 17.6 Å². The molecule has 0 aliphatic carbocycles. The van der Waals surface area contributed by atoms with Gasteiger partial charge in [0.2, 0.25) is 11.8 Å². The zero-order chi connectivity index (χ0) is 32.4. The van der Waals surface area contributed by atoms with Crippen LogP contribution in [0.2, 0.25) is 0 Å². The summed E-state index contributed by atoms with van der Waals surface area (Å²) in [6, 6.07) is 28.9. The lowest BCUT2D eigenvalue weighted by Crippen LogP contribution is -2.51. The third-order valence-corrected chi connectivity index (χ3v) is 9.57. The molecule has 0 spiro atoms. The van der Waals surface area contributed by atoms with Gasteiger partial charge >= 0.3 is 0 Å². The van der Waals surface area contributed by atoms with E-state index < -0.39 is 28.5 Å². The van der Waals surface area contributed by atoms with E-state index in [-0.39, 0.29) is 23.0 Å². The number of amides is 2. The second kappa shape index (κ2) is 15.7. The molecule has 4 aromatic carbocycles. The van der Waals surface area contributed by atoms with E-state index in [0.29, 0.717) is 18.0 Å². The van der Waals surface area contributed by atoms with Crippen LogP contribution in [0.25, 0.3) is 0 Å². The highest BCUT2D eigenvalue weighted by molar-refractivity contribution is 9.10. The number of carbonyl (C=O) groups is 2. The Morgan fingerprint density at radius 1 is 0.867 bits per heavy atom. The Morgan fingerprint density at radius 2 is 1.49 bits per heavy atom. The molecule has 0 radical (unpaired) electrons. The fourth-order valence-corrected chi connectivity index (χ4v) is 6.25. The number of anilines is 1. The smallest absolute Gasteiger partial charge is 0.264 e. The molecule has 10 heteroatoms. The topological polar surface area (TPSA) is 96.0 Å². The summed E-state index contributed by atoms with van der Waals surface area (Å²) in [6.07, 6.45) is 1.73. The van der Waals surface area contributed by atoms with E-state index in [9.17, 15) is 18.0 Å². The molecule has 0 saturated carbocycles. The predicted octanol–water partition coefficient (Wildman–Crippen LogP) is 7.08. The Morgan fingerprint density at radius 3 is 2.11 bits per heavy atom. The number of hydrogen-bond donors (Lipinski definition) is 1. The molecule has 0 fully saturated rings. The van der Waals surface area contributed by atoms with E-state index in [2.05, 4.69) is 21.2 Å². The van der Waals surface area contributed by atoms with Crippen molar-refractivity contribution >= 4 is 43.5 Å². The molecular formula is C35H38BrN3O5S. The number of nitrogens with one attached hydrogen (secondary N) is 1. The van der Waals surface area contributed by atoms with Gasteiger partial charge in [-0.3, -0.25) is 13.9 Å². The number of nitrogens with zero attached hydrogens (tertiary/aromatic N) is 2. The van der Waals surface area contributed by atoms with Crippen molar-refractivity contribution in [2.45, 2.75) is 51.1 Å². The Hall–Kier alpha value is -4.15. The van der Waals surface area contributed by atoms with E-state index in [1.165, 1.54) is 17.0 Å². The molecule has 0 saturated heterocycles. The van der Waals surface area contributed by atoms with Crippen molar-refractivity contribution in [2.24, 2.45) is 0 Å². The lowest BCUT2D eigenvalue weighted by Gasteiger charge is -2.32. The fourth-order valence-electron chi connectivity index (χ4n) is 4.58. The van der Waals surface area contributed by atoms with E-state index >= 15 is 0 Å². The largest absolute Gasteiger partial charge is 0.457 e. The maximum absolute atomic E-state index is 14.1. The third-order valence-electron chi connectivity index (χ3n) is 7.25. The molecule has 2 amide bonds. The average molecular weight is 693 g/mol. The van der Waals surface area contributed by atoms with Gasteiger partial charge in [-0.15, -0.1) is 0 Å². The van der Waals surface area contributed by atoms with Crippen molar-refractivity contribution in [1.29, 1.82) is 0 Å². The van der Waals surface area contributed by atoms with Crippen molar-refractivity contribution in [2.75, 3.05) is 17.4 Å². The molecule has 1 atom stereocenters. The number of ether oxygens (including phenoxy) is 1. The van der Waals surface area contributed by atoms with Crippen molar-refractivity contribution in [3.05, 3.63) is 119 Å². The number of carbonyl (C=O) groups excluding carboxylic acids is 2. The summed E-state index contributed by atoms with van der Waals surface area (Å²) in [5.74, 6) is 0.332. The van der Waals surface area contributed by atoms with Crippen LogP contribution in [-0.4, -0.2) is 44.3 Å². The van der Waals surface area contributed by atoms with Crippen LogP contribution in [0, 0.1) is 6.92 Å². The molecule has 8 nitrogen and oxygen atoms in total. The van der Waals surface area contributed by atoms with Gasteiger partial charge in [0.25, 0.3) is 10.0 Å². The van der Waals surface area contributed by atoms with Crippen LogP contribution in [0.5, 0.6) is 11.5 Å². The molecule has 236 valence electrons. The van der Waals surface area contributed by atoms with Crippen LogP contribution in [-0.2, 0) is 26.2 Å². The highest BCUT2D eigenvalue weighted by Gasteiger charge is 2.32. The van der Waals surface area contributed by atoms with Crippen molar-refractivity contribution in [1.82, 2.24) is 10.2 Å². The molecule has 4 aromatic rings. The van der Waals surface area contributed by atoms with Crippen LogP contribution in [0.1, 0.15) is 37.8 Å². The van der Waals surface area contributed by atoms with E-state index in [4.69, 9.17) is 4.74 Å². The molecule has 1 N–H and O–H groups in total. The van der Waals surface area contributed by atoms with Crippen LogP contribution in [0.15, 0.2) is 112 Å². The van der Waals surface area contributed by atoms with E-state index in [0.717, 1.165) is 32.7 Å². The van der Waals surface area contributed by atoms with Crippen molar-refractivity contribution in [3.8, 4) is 11.5 Å². The van der Waals surface area contributed by atoms with Crippen LogP contribution in [0.3, 0.4) is 0 Å². The van der Waals surface area contributed by atoms with E-state index in [1.807, 2.05) is 68.4 Å². The molecule has 0 bridgehead atoms. The normalized spacial score (nSPS) is 11.8. The molecule has 4 rings (SSSR count). The number of unbranched alkanes of at least 4 members (excludes halogenated alkanes) is 1. The monoisotopic (exact) mass is 691 g/mol. The zero-order valence-electron chi connectivity index (χ0n) is 25.6. The van der Waals surface area contributed by atoms with Crippen LogP contribution >= 0.6 is 15.9 Å². The standard InChI is InChI=1S/C35H38BrN3O5S/c1-4-5-23-37-35(41)27(3)38(24-28-13-15-29(36)16-14-28)34(40)25-39(45(42,43)33-21-11-26(2)12-22-33)30-17-19-32(20-18-30)44-31-9-7-6-8-10-31/h6-22,27H,4-5,23-25H2,1-3H3,(H,37,41). The molecule has 1 unspecified atom stereocenters. The van der Waals surface area contributed by atoms with Gasteiger partial charge in [-0.2, -0.15) is 0 Å².